The van der Waals surface area contributed by atoms with Crippen LogP contribution in [0.25, 0.3) is 0 Å². The van der Waals surface area contributed by atoms with Crippen LogP contribution in [0.4, 0.5) is 0 Å². The number of thioether (sulfide) groups is 1. The maximum Gasteiger partial charge on any atom is 0.334 e. The molecule has 0 N–H and O–H groups in total. The Bertz CT molecular complexity index is 450. The number of Topliss-reactive ketones (excluding diaryl/α,β-unsaturated/α-hetero) is 1. The number of rotatable bonds is 9. The van der Waals surface area contributed by atoms with Gasteiger partial charge in [0.05, 0.1) is 4.75 Å². The first-order chi connectivity index (χ1) is 9.84. The van der Waals surface area contributed by atoms with Crippen LogP contribution < -0.4 is 0 Å². The van der Waals surface area contributed by atoms with Crippen molar-refractivity contribution in [3.05, 3.63) is 35.9 Å². The van der Waals surface area contributed by atoms with Gasteiger partial charge in [-0.1, -0.05) is 5.56 Å². The summed E-state index contributed by atoms with van der Waals surface area (Å²) in [5, 5.41) is 0. The second kappa shape index (κ2) is 8.73. The van der Waals surface area contributed by atoms with Gasteiger partial charge in [-0.3, -0.25) is 4.79 Å². The van der Waals surface area contributed by atoms with Crippen LogP contribution in [0.5, 0.6) is 0 Å². The molecule has 0 saturated carbocycles. The number of hydrogen-bond donors (Lipinski definition) is 0. The van der Waals surface area contributed by atoms with Crippen LogP contribution in [0.15, 0.2) is 24.3 Å². The largest absolute Gasteiger partial charge is 0.398 e. The normalized spacial score (nSPS) is 11.9. The maximum atomic E-state index is 12.5. The second-order valence-electron chi connectivity index (χ2n) is 5.62. The van der Waals surface area contributed by atoms with Gasteiger partial charge in [0.15, 0.2) is 5.78 Å². The first-order valence-electron chi connectivity index (χ1n) is 7.10. The average Bonchev–Trinajstić information content (AvgIpc) is 2.51. The van der Waals surface area contributed by atoms with Crippen molar-refractivity contribution >= 4 is 26.1 Å². The molecule has 1 aromatic rings. The zero-order chi connectivity index (χ0) is 15.9. The summed E-state index contributed by atoms with van der Waals surface area (Å²) in [5.74, 6) is 1.09. The van der Waals surface area contributed by atoms with Crippen LogP contribution in [0.2, 0.25) is 12.6 Å². The minimum Gasteiger partial charge on any atom is -0.398 e. The van der Waals surface area contributed by atoms with Gasteiger partial charge in [0.2, 0.25) is 0 Å². The van der Waals surface area contributed by atoms with E-state index in [4.69, 9.17) is 8.85 Å². The van der Waals surface area contributed by atoms with Crippen LogP contribution in [0.3, 0.4) is 0 Å². The summed E-state index contributed by atoms with van der Waals surface area (Å²) < 4.78 is 10.5. The van der Waals surface area contributed by atoms with E-state index in [-0.39, 0.29) is 5.78 Å². The molecule has 0 spiro atoms. The summed E-state index contributed by atoms with van der Waals surface area (Å²) in [7, 11) is 1.43. The second-order valence-corrected chi connectivity index (χ2v) is 10.9. The van der Waals surface area contributed by atoms with Gasteiger partial charge in [-0.2, -0.15) is 30.3 Å². The van der Waals surface area contributed by atoms with Gasteiger partial charge < -0.3 is 8.85 Å². The summed E-state index contributed by atoms with van der Waals surface area (Å²) in [4.78, 5) is 12.5. The molecule has 128 valence electrons. The Morgan fingerprint density at radius 3 is 2.32 bits per heavy atom. The fourth-order valence-electron chi connectivity index (χ4n) is 1.96. The number of ketones is 1. The minimum atomic E-state index is -1.99. The fourth-order valence-corrected chi connectivity index (χ4v) is 4.66. The molecule has 0 radical (unpaired) electrons. The topological polar surface area (TPSA) is 35.5 Å². The van der Waals surface area contributed by atoms with Crippen molar-refractivity contribution < 1.29 is 13.6 Å². The molecule has 0 aliphatic heterocycles. The number of benzene rings is 1. The molecule has 0 unspecified atom stereocenters. The van der Waals surface area contributed by atoms with E-state index >= 15 is 0 Å². The van der Waals surface area contributed by atoms with Gasteiger partial charge in [0.1, 0.15) is 0 Å². The van der Waals surface area contributed by atoms with E-state index < -0.39 is 13.3 Å². The molecule has 0 bridgehead atoms. The van der Waals surface area contributed by atoms with Crippen molar-refractivity contribution in [3.8, 4) is 0 Å². The smallest absolute Gasteiger partial charge is 0.334 e. The number of carbonyl (C=O) groups is 1. The van der Waals surface area contributed by atoms with Gasteiger partial charge in [0.25, 0.3) is 0 Å². The SMILES string of the molecule is CO[Si](C)(CCCSC(C)(C)C(=O)c1cc[c-]cc1)OC.[Cf]. The van der Waals surface area contributed by atoms with Crippen LogP contribution in [-0.2, 0) is 8.85 Å². The molecular weight excluding hydrogens is 551 g/mol. The van der Waals surface area contributed by atoms with Gasteiger partial charge in [-0.25, -0.2) is 0 Å². The third-order valence-corrected chi connectivity index (χ3v) is 8.02. The summed E-state index contributed by atoms with van der Waals surface area (Å²) in [6, 6.07) is 11.1. The molecule has 1 aromatic carbocycles. The molecule has 1 rings (SSSR count). The van der Waals surface area contributed by atoms with Crippen molar-refractivity contribution in [3.63, 3.8) is 0 Å². The molecule has 22 heavy (non-hydrogen) atoms. The number of hydrogen-bond acceptors (Lipinski definition) is 4. The Hall–Kier alpha value is -1.62. The first-order valence-corrected chi connectivity index (χ1v) is 10.6. The molecule has 0 fully saturated rings. The van der Waals surface area contributed by atoms with E-state index in [0.717, 1.165) is 23.8 Å². The van der Waals surface area contributed by atoms with Crippen molar-refractivity contribution in [2.24, 2.45) is 0 Å². The zero-order valence-corrected chi connectivity index (χ0v) is 18.3. The van der Waals surface area contributed by atoms with Gasteiger partial charge >= 0.3 is 8.56 Å². The van der Waals surface area contributed by atoms with E-state index in [1.165, 1.54) is 0 Å². The Labute approximate surface area is 133 Å². The van der Waals surface area contributed by atoms with Crippen LogP contribution >= 0.6 is 11.8 Å². The zero-order valence-electron chi connectivity index (χ0n) is 13.9. The minimum absolute atomic E-state index is 0. The van der Waals surface area contributed by atoms with Crippen LogP contribution in [0.1, 0.15) is 30.6 Å². The molecular formula is C16H25CfO3SSi-. The quantitative estimate of drug-likeness (QED) is 0.193. The average molecular weight is 577 g/mol. The molecule has 3 nitrogen and oxygen atoms in total. The van der Waals surface area contributed by atoms with E-state index in [9.17, 15) is 4.79 Å². The molecule has 0 aromatic heterocycles. The van der Waals surface area contributed by atoms with Crippen molar-refractivity contribution in [1.82, 2.24) is 0 Å². The third-order valence-electron chi connectivity index (χ3n) is 3.63. The van der Waals surface area contributed by atoms with Crippen molar-refractivity contribution in [2.45, 2.75) is 37.6 Å². The van der Waals surface area contributed by atoms with Crippen LogP contribution in [0, 0.1) is 6.07 Å². The Morgan fingerprint density at radius 2 is 1.82 bits per heavy atom. The molecule has 0 aliphatic carbocycles. The van der Waals surface area contributed by atoms with Gasteiger partial charge in [0, 0.05) is 14.2 Å². The summed E-state index contributed by atoms with van der Waals surface area (Å²) in [6.07, 6.45) is 0.994. The third kappa shape index (κ3) is 5.64. The van der Waals surface area contributed by atoms with Crippen LogP contribution in [-0.4, -0.2) is 39.1 Å². The maximum absolute atomic E-state index is 12.5. The molecule has 0 saturated heterocycles. The molecule has 6 heteroatoms. The van der Waals surface area contributed by atoms with E-state index in [2.05, 4.69) is 12.6 Å². The predicted molar refractivity (Wildman–Crippen MR) is 91.2 cm³/mol. The summed E-state index contributed by atoms with van der Waals surface area (Å²) in [5.41, 5.74) is 0.749. The molecule has 0 amide bonds. The summed E-state index contributed by atoms with van der Waals surface area (Å²) in [6.45, 7) is 6.04. The molecule has 0 heterocycles. The molecule has 0 atom stereocenters. The predicted octanol–water partition coefficient (Wildman–Crippen LogP) is 3.94. The molecule has 0 aliphatic rings. The van der Waals surface area contributed by atoms with Crippen molar-refractivity contribution in [1.29, 1.82) is 0 Å². The van der Waals surface area contributed by atoms with Gasteiger partial charge in [-0.15, -0.1) is 11.8 Å². The standard InChI is InChI=1S/C16H25O3SSi.Cf/c1-16(2,15(17)14-10-7-6-8-11-14)20-12-9-13-21(5,18-3)19-4;/h7-8,10-11H,9,12-13H2,1-5H3;/q-1;. The Morgan fingerprint density at radius 1 is 1.27 bits per heavy atom. The first kappa shape index (κ1) is 20.4. The van der Waals surface area contributed by atoms with E-state index in [1.54, 1.807) is 38.1 Å². The van der Waals surface area contributed by atoms with E-state index in [1.807, 2.05) is 26.0 Å². The fraction of sp³-hybridized carbons (Fsp3) is 0.562. The number of carbonyl (C=O) groups excluding carboxylic acids is 1. The van der Waals surface area contributed by atoms with Crippen molar-refractivity contribution in [2.75, 3.05) is 20.0 Å². The summed E-state index contributed by atoms with van der Waals surface area (Å²) >= 11 is 1.69. The Kier molecular flexibility index (Phi) is 8.09. The van der Waals surface area contributed by atoms with Gasteiger partial charge in [-0.05, 0) is 38.6 Å². The Balaban J connectivity index is 0.00000441. The monoisotopic (exact) mass is 574 g/mol. The van der Waals surface area contributed by atoms with E-state index in [0.29, 0.717) is 0 Å².